The van der Waals surface area contributed by atoms with Gasteiger partial charge in [0.05, 0.1) is 17.3 Å². The van der Waals surface area contributed by atoms with Crippen molar-refractivity contribution in [2.75, 3.05) is 12.4 Å². The lowest BCUT2D eigenvalue weighted by atomic mass is 10.1. The first-order chi connectivity index (χ1) is 9.76. The summed E-state index contributed by atoms with van der Waals surface area (Å²) >= 11 is 1.71. The zero-order chi connectivity index (χ0) is 14.4. The van der Waals surface area contributed by atoms with E-state index in [1.807, 2.05) is 12.1 Å². The van der Waals surface area contributed by atoms with Gasteiger partial charge in [0.25, 0.3) is 0 Å². The van der Waals surface area contributed by atoms with E-state index in [-0.39, 0.29) is 0 Å². The smallest absolute Gasteiger partial charge is 0.184 e. The molecule has 3 nitrogen and oxygen atoms in total. The zero-order valence-electron chi connectivity index (χ0n) is 12.6. The third-order valence-electron chi connectivity index (χ3n) is 3.47. The Kier molecular flexibility index (Phi) is 5.65. The lowest BCUT2D eigenvalue weighted by Gasteiger charge is -2.16. The molecule has 2 rings (SSSR count). The number of ether oxygens (including phenoxy) is 1. The molecule has 0 amide bonds. The summed E-state index contributed by atoms with van der Waals surface area (Å²) in [5, 5.41) is 4.64. The van der Waals surface area contributed by atoms with Crippen LogP contribution in [0.25, 0.3) is 10.2 Å². The fourth-order valence-electron chi connectivity index (χ4n) is 2.36. The van der Waals surface area contributed by atoms with Crippen LogP contribution in [0.15, 0.2) is 18.2 Å². The van der Waals surface area contributed by atoms with Gasteiger partial charge in [-0.05, 0) is 31.0 Å². The van der Waals surface area contributed by atoms with Gasteiger partial charge < -0.3 is 10.1 Å². The minimum atomic E-state index is 0.544. The standard InChI is InChI=1S/C16H24N2OS/c1-4-6-8-12(7-5-2)17-16-18-14-10-9-13(19-3)11-15(14)20-16/h9-12H,4-8H2,1-3H3,(H,17,18). The number of fused-ring (bicyclic) bond motifs is 1. The molecule has 1 unspecified atom stereocenters. The summed E-state index contributed by atoms with van der Waals surface area (Å²) in [6.07, 6.45) is 6.16. The molecule has 0 saturated carbocycles. The second kappa shape index (κ2) is 7.48. The molecule has 0 aliphatic carbocycles. The summed E-state index contributed by atoms with van der Waals surface area (Å²) in [5.74, 6) is 0.892. The van der Waals surface area contributed by atoms with Crippen LogP contribution in [0.4, 0.5) is 5.13 Å². The summed E-state index contributed by atoms with van der Waals surface area (Å²) in [5.41, 5.74) is 1.05. The van der Waals surface area contributed by atoms with Crippen LogP contribution in [-0.4, -0.2) is 18.1 Å². The molecule has 2 aromatic rings. The minimum Gasteiger partial charge on any atom is -0.497 e. The molecule has 1 N–H and O–H groups in total. The maximum absolute atomic E-state index is 5.26. The first-order valence-corrected chi connectivity index (χ1v) is 8.29. The average molecular weight is 292 g/mol. The van der Waals surface area contributed by atoms with E-state index >= 15 is 0 Å². The second-order valence-corrected chi connectivity index (χ2v) is 6.16. The van der Waals surface area contributed by atoms with Crippen LogP contribution in [0.1, 0.15) is 46.0 Å². The first kappa shape index (κ1) is 15.1. The van der Waals surface area contributed by atoms with E-state index in [9.17, 15) is 0 Å². The van der Waals surface area contributed by atoms with Crippen LogP contribution in [0.3, 0.4) is 0 Å². The number of thiazole rings is 1. The van der Waals surface area contributed by atoms with Crippen LogP contribution in [0, 0.1) is 0 Å². The number of hydrogen-bond acceptors (Lipinski definition) is 4. The molecule has 1 aromatic heterocycles. The van der Waals surface area contributed by atoms with Crippen molar-refractivity contribution in [3.8, 4) is 5.75 Å². The number of anilines is 1. The van der Waals surface area contributed by atoms with E-state index in [2.05, 4.69) is 30.2 Å². The van der Waals surface area contributed by atoms with E-state index in [0.29, 0.717) is 6.04 Å². The fourth-order valence-corrected chi connectivity index (χ4v) is 3.33. The van der Waals surface area contributed by atoms with Crippen molar-refractivity contribution in [3.63, 3.8) is 0 Å². The van der Waals surface area contributed by atoms with Crippen molar-refractivity contribution >= 4 is 26.7 Å². The van der Waals surface area contributed by atoms with E-state index < -0.39 is 0 Å². The van der Waals surface area contributed by atoms with Gasteiger partial charge in [0, 0.05) is 6.04 Å². The van der Waals surface area contributed by atoms with Crippen LogP contribution in [0.5, 0.6) is 5.75 Å². The van der Waals surface area contributed by atoms with Crippen molar-refractivity contribution in [1.29, 1.82) is 0 Å². The Morgan fingerprint density at radius 1 is 1.25 bits per heavy atom. The van der Waals surface area contributed by atoms with Crippen molar-refractivity contribution in [2.24, 2.45) is 0 Å². The monoisotopic (exact) mass is 292 g/mol. The lowest BCUT2D eigenvalue weighted by Crippen LogP contribution is -2.18. The molecular formula is C16H24N2OS. The normalized spacial score (nSPS) is 12.6. The lowest BCUT2D eigenvalue weighted by molar-refractivity contribution is 0.415. The number of aromatic nitrogens is 1. The summed E-state index contributed by atoms with van der Waals surface area (Å²) in [6.45, 7) is 4.48. The van der Waals surface area contributed by atoms with Crippen LogP contribution in [-0.2, 0) is 0 Å². The van der Waals surface area contributed by atoms with E-state index in [0.717, 1.165) is 16.4 Å². The molecule has 1 aromatic carbocycles. The molecule has 0 saturated heterocycles. The van der Waals surface area contributed by atoms with Gasteiger partial charge in [0.15, 0.2) is 5.13 Å². The number of rotatable bonds is 8. The molecule has 1 heterocycles. The number of nitrogens with zero attached hydrogens (tertiary/aromatic N) is 1. The predicted molar refractivity (Wildman–Crippen MR) is 88.0 cm³/mol. The molecular weight excluding hydrogens is 268 g/mol. The predicted octanol–water partition coefficient (Wildman–Crippen LogP) is 5.08. The zero-order valence-corrected chi connectivity index (χ0v) is 13.4. The highest BCUT2D eigenvalue weighted by molar-refractivity contribution is 7.22. The molecule has 110 valence electrons. The van der Waals surface area contributed by atoms with Crippen LogP contribution in [0.2, 0.25) is 0 Å². The van der Waals surface area contributed by atoms with Gasteiger partial charge >= 0.3 is 0 Å². The molecule has 0 aliphatic rings. The quantitative estimate of drug-likeness (QED) is 0.737. The second-order valence-electron chi connectivity index (χ2n) is 5.12. The van der Waals surface area contributed by atoms with Gasteiger partial charge in [-0.2, -0.15) is 0 Å². The number of hydrogen-bond donors (Lipinski definition) is 1. The fraction of sp³-hybridized carbons (Fsp3) is 0.562. The average Bonchev–Trinajstić information content (AvgIpc) is 2.86. The van der Waals surface area contributed by atoms with E-state index in [1.165, 1.54) is 36.8 Å². The Balaban J connectivity index is 2.10. The van der Waals surface area contributed by atoms with Crippen molar-refractivity contribution in [2.45, 2.75) is 52.0 Å². The molecule has 4 heteroatoms. The highest BCUT2D eigenvalue weighted by Gasteiger charge is 2.11. The number of unbranched alkanes of at least 4 members (excludes halogenated alkanes) is 1. The summed E-state index contributed by atoms with van der Waals surface area (Å²) < 4.78 is 6.44. The van der Waals surface area contributed by atoms with E-state index in [1.54, 1.807) is 18.4 Å². The number of nitrogens with one attached hydrogen (secondary N) is 1. The summed E-state index contributed by atoms with van der Waals surface area (Å²) in [7, 11) is 1.70. The SMILES string of the molecule is CCCCC(CCC)Nc1nc2ccc(OC)cc2s1. The maximum Gasteiger partial charge on any atom is 0.184 e. The largest absolute Gasteiger partial charge is 0.497 e. The van der Waals surface area contributed by atoms with Crippen LogP contribution < -0.4 is 10.1 Å². The van der Waals surface area contributed by atoms with Crippen molar-refractivity contribution in [1.82, 2.24) is 4.98 Å². The number of methoxy groups -OCH3 is 1. The van der Waals surface area contributed by atoms with Crippen molar-refractivity contribution < 1.29 is 4.74 Å². The molecule has 20 heavy (non-hydrogen) atoms. The minimum absolute atomic E-state index is 0.544. The maximum atomic E-state index is 5.26. The highest BCUT2D eigenvalue weighted by atomic mass is 32.1. The summed E-state index contributed by atoms with van der Waals surface area (Å²) in [6, 6.07) is 6.59. The van der Waals surface area contributed by atoms with Gasteiger partial charge in [-0.25, -0.2) is 4.98 Å². The summed E-state index contributed by atoms with van der Waals surface area (Å²) in [4.78, 5) is 4.67. The van der Waals surface area contributed by atoms with Gasteiger partial charge in [0.2, 0.25) is 0 Å². The third-order valence-corrected chi connectivity index (χ3v) is 4.42. The number of benzene rings is 1. The van der Waals surface area contributed by atoms with Gasteiger partial charge in [-0.3, -0.25) is 0 Å². The Morgan fingerprint density at radius 3 is 2.80 bits per heavy atom. The Hall–Kier alpha value is -1.29. The molecule has 1 atom stereocenters. The molecule has 0 spiro atoms. The van der Waals surface area contributed by atoms with E-state index in [4.69, 9.17) is 4.74 Å². The van der Waals surface area contributed by atoms with Gasteiger partial charge in [-0.15, -0.1) is 0 Å². The van der Waals surface area contributed by atoms with Gasteiger partial charge in [0.1, 0.15) is 5.75 Å². The highest BCUT2D eigenvalue weighted by Crippen LogP contribution is 2.30. The van der Waals surface area contributed by atoms with Crippen molar-refractivity contribution in [3.05, 3.63) is 18.2 Å². The Morgan fingerprint density at radius 2 is 2.10 bits per heavy atom. The van der Waals surface area contributed by atoms with Crippen LogP contribution >= 0.6 is 11.3 Å². The molecule has 0 fully saturated rings. The molecule has 0 bridgehead atoms. The third kappa shape index (κ3) is 3.85. The Labute approximate surface area is 125 Å². The molecule has 0 aliphatic heterocycles. The Bertz CT molecular complexity index is 538. The van der Waals surface area contributed by atoms with Gasteiger partial charge in [-0.1, -0.05) is 44.4 Å². The first-order valence-electron chi connectivity index (χ1n) is 7.48. The topological polar surface area (TPSA) is 34.2 Å². The molecule has 0 radical (unpaired) electrons.